The molecular weight excluding hydrogens is 254 g/mol. The fourth-order valence-electron chi connectivity index (χ4n) is 2.45. The molecule has 106 valence electrons. The van der Waals surface area contributed by atoms with Crippen molar-refractivity contribution in [3.63, 3.8) is 0 Å². The van der Waals surface area contributed by atoms with E-state index in [2.05, 4.69) is 9.97 Å². The highest BCUT2D eigenvalue weighted by Gasteiger charge is 2.38. The van der Waals surface area contributed by atoms with E-state index in [9.17, 15) is 8.78 Å². The summed E-state index contributed by atoms with van der Waals surface area (Å²) in [6, 6.07) is 1.67. The van der Waals surface area contributed by atoms with Gasteiger partial charge in [0.1, 0.15) is 5.82 Å². The van der Waals surface area contributed by atoms with Crippen molar-refractivity contribution in [2.75, 3.05) is 14.2 Å². The van der Waals surface area contributed by atoms with Crippen molar-refractivity contribution >= 4 is 0 Å². The zero-order chi connectivity index (χ0) is 13.9. The fraction of sp³-hybridized carbons (Fsp3) is 0.692. The molecule has 1 saturated carbocycles. The van der Waals surface area contributed by atoms with Crippen LogP contribution in [0.25, 0.3) is 0 Å². The maximum Gasteiger partial charge on any atom is 0.248 e. The Morgan fingerprint density at radius 1 is 1.37 bits per heavy atom. The molecule has 1 heterocycles. The van der Waals surface area contributed by atoms with Gasteiger partial charge in [-0.2, -0.15) is 0 Å². The first-order valence-electron chi connectivity index (χ1n) is 6.32. The van der Waals surface area contributed by atoms with E-state index in [-0.39, 0.29) is 18.8 Å². The van der Waals surface area contributed by atoms with E-state index in [4.69, 9.17) is 9.47 Å². The van der Waals surface area contributed by atoms with Crippen molar-refractivity contribution in [2.45, 2.75) is 43.8 Å². The summed E-state index contributed by atoms with van der Waals surface area (Å²) < 4.78 is 37.1. The van der Waals surface area contributed by atoms with Crippen LogP contribution in [-0.2, 0) is 9.47 Å². The second-order valence-electron chi connectivity index (χ2n) is 4.79. The topological polar surface area (TPSA) is 44.2 Å². The van der Waals surface area contributed by atoms with Gasteiger partial charge >= 0.3 is 0 Å². The van der Waals surface area contributed by atoms with Gasteiger partial charge in [0.15, 0.2) is 0 Å². The van der Waals surface area contributed by atoms with Gasteiger partial charge in [0, 0.05) is 39.2 Å². The minimum absolute atomic E-state index is 0.0397. The van der Waals surface area contributed by atoms with E-state index in [0.717, 1.165) is 0 Å². The first-order chi connectivity index (χ1) is 9.05. The lowest BCUT2D eigenvalue weighted by Gasteiger charge is -2.28. The van der Waals surface area contributed by atoms with Gasteiger partial charge in [-0.3, -0.25) is 0 Å². The summed E-state index contributed by atoms with van der Waals surface area (Å²) in [6.45, 7) is 0. The van der Waals surface area contributed by atoms with Gasteiger partial charge in [-0.05, 0) is 18.9 Å². The Morgan fingerprint density at radius 3 is 2.74 bits per heavy atom. The van der Waals surface area contributed by atoms with E-state index >= 15 is 0 Å². The van der Waals surface area contributed by atoms with Gasteiger partial charge in [-0.1, -0.05) is 0 Å². The number of halogens is 2. The number of rotatable bonds is 4. The summed E-state index contributed by atoms with van der Waals surface area (Å²) in [5, 5.41) is 0. The summed E-state index contributed by atoms with van der Waals surface area (Å²) in [6.07, 6.45) is 1.96. The van der Waals surface area contributed by atoms with Crippen LogP contribution in [0.15, 0.2) is 12.3 Å². The Kier molecular flexibility index (Phi) is 4.42. The quantitative estimate of drug-likeness (QED) is 0.790. The van der Waals surface area contributed by atoms with Crippen molar-refractivity contribution in [1.29, 1.82) is 0 Å². The maximum atomic E-state index is 13.4. The molecule has 19 heavy (non-hydrogen) atoms. The minimum atomic E-state index is -2.61. The van der Waals surface area contributed by atoms with Crippen LogP contribution in [0.1, 0.15) is 49.4 Å². The Hall–Kier alpha value is -1.14. The molecule has 0 radical (unpaired) electrons. The SMILES string of the molecule is COC(OC)c1ccnc(C2CCCC(F)(F)C2)n1. The van der Waals surface area contributed by atoms with Gasteiger partial charge < -0.3 is 9.47 Å². The molecule has 0 amide bonds. The molecule has 0 saturated heterocycles. The smallest absolute Gasteiger partial charge is 0.248 e. The van der Waals surface area contributed by atoms with Gasteiger partial charge in [-0.25, -0.2) is 18.7 Å². The Labute approximate surface area is 111 Å². The zero-order valence-corrected chi connectivity index (χ0v) is 11.1. The molecule has 1 aliphatic rings. The van der Waals surface area contributed by atoms with Gasteiger partial charge in [0.2, 0.25) is 12.2 Å². The summed E-state index contributed by atoms with van der Waals surface area (Å²) >= 11 is 0. The van der Waals surface area contributed by atoms with Gasteiger partial charge in [0.25, 0.3) is 0 Å². The number of methoxy groups -OCH3 is 2. The van der Waals surface area contributed by atoms with Crippen LogP contribution >= 0.6 is 0 Å². The van der Waals surface area contributed by atoms with Crippen LogP contribution < -0.4 is 0 Å². The van der Waals surface area contributed by atoms with Crippen LogP contribution in [0.3, 0.4) is 0 Å². The highest BCUT2D eigenvalue weighted by Crippen LogP contribution is 2.40. The van der Waals surface area contributed by atoms with E-state index in [1.807, 2.05) is 0 Å². The lowest BCUT2D eigenvalue weighted by molar-refractivity contribution is -0.108. The fourth-order valence-corrected chi connectivity index (χ4v) is 2.45. The maximum absolute atomic E-state index is 13.4. The zero-order valence-electron chi connectivity index (χ0n) is 11.1. The standard InChI is InChI=1S/C13H18F2N2O2/c1-18-12(19-2)10-5-7-16-11(17-10)9-4-3-6-13(14,15)8-9/h5,7,9,12H,3-4,6,8H2,1-2H3. The molecule has 1 aromatic heterocycles. The van der Waals surface area contributed by atoms with Crippen molar-refractivity contribution in [1.82, 2.24) is 9.97 Å². The Balaban J connectivity index is 2.18. The molecule has 0 N–H and O–H groups in total. The largest absolute Gasteiger partial charge is 0.350 e. The monoisotopic (exact) mass is 272 g/mol. The van der Waals surface area contributed by atoms with Crippen molar-refractivity contribution in [3.8, 4) is 0 Å². The van der Waals surface area contributed by atoms with Crippen LogP contribution in [0, 0.1) is 0 Å². The molecule has 4 nitrogen and oxygen atoms in total. The van der Waals surface area contributed by atoms with E-state index in [1.165, 1.54) is 14.2 Å². The lowest BCUT2D eigenvalue weighted by atomic mass is 9.86. The lowest BCUT2D eigenvalue weighted by Crippen LogP contribution is -2.26. The molecule has 2 rings (SSSR count). The van der Waals surface area contributed by atoms with Crippen LogP contribution in [-0.4, -0.2) is 30.1 Å². The average molecular weight is 272 g/mol. The number of alkyl halides is 2. The van der Waals surface area contributed by atoms with E-state index in [0.29, 0.717) is 24.4 Å². The third-order valence-corrected chi connectivity index (χ3v) is 3.37. The van der Waals surface area contributed by atoms with Crippen LogP contribution in [0.2, 0.25) is 0 Å². The predicted molar refractivity (Wildman–Crippen MR) is 64.9 cm³/mol. The molecular formula is C13H18F2N2O2. The summed E-state index contributed by atoms with van der Waals surface area (Å²) in [5.41, 5.74) is 0.559. The minimum Gasteiger partial charge on any atom is -0.350 e. The van der Waals surface area contributed by atoms with Crippen molar-refractivity contribution in [2.24, 2.45) is 0 Å². The summed E-state index contributed by atoms with van der Waals surface area (Å²) in [5.74, 6) is -2.45. The first kappa shape index (κ1) is 14.3. The molecule has 1 fully saturated rings. The highest BCUT2D eigenvalue weighted by atomic mass is 19.3. The molecule has 0 spiro atoms. The number of hydrogen-bond donors (Lipinski definition) is 0. The number of nitrogens with zero attached hydrogens (tertiary/aromatic N) is 2. The molecule has 6 heteroatoms. The molecule has 1 aromatic rings. The Morgan fingerprint density at radius 2 is 2.11 bits per heavy atom. The van der Waals surface area contributed by atoms with Crippen molar-refractivity contribution in [3.05, 3.63) is 23.8 Å². The van der Waals surface area contributed by atoms with E-state index < -0.39 is 12.2 Å². The summed E-state index contributed by atoms with van der Waals surface area (Å²) in [4.78, 5) is 8.43. The van der Waals surface area contributed by atoms with Gasteiger partial charge in [0.05, 0.1) is 5.69 Å². The number of hydrogen-bond acceptors (Lipinski definition) is 4. The van der Waals surface area contributed by atoms with Gasteiger partial charge in [-0.15, -0.1) is 0 Å². The molecule has 0 aliphatic heterocycles. The molecule has 1 atom stereocenters. The second kappa shape index (κ2) is 5.88. The average Bonchev–Trinajstić information content (AvgIpc) is 2.39. The number of ether oxygens (including phenoxy) is 2. The first-order valence-corrected chi connectivity index (χ1v) is 6.32. The predicted octanol–water partition coefficient (Wildman–Crippen LogP) is 3.06. The molecule has 1 unspecified atom stereocenters. The summed E-state index contributed by atoms with van der Waals surface area (Å²) in [7, 11) is 3.01. The normalized spacial score (nSPS) is 22.7. The molecule has 0 aromatic carbocycles. The molecule has 1 aliphatic carbocycles. The van der Waals surface area contributed by atoms with E-state index in [1.54, 1.807) is 12.3 Å². The second-order valence-corrected chi connectivity index (χ2v) is 4.79. The van der Waals surface area contributed by atoms with Crippen LogP contribution in [0.4, 0.5) is 8.78 Å². The highest BCUT2D eigenvalue weighted by molar-refractivity contribution is 5.08. The van der Waals surface area contributed by atoms with Crippen LogP contribution in [0.5, 0.6) is 0 Å². The Bertz CT molecular complexity index is 425. The third-order valence-electron chi connectivity index (χ3n) is 3.37. The number of aromatic nitrogens is 2. The van der Waals surface area contributed by atoms with Crippen molar-refractivity contribution < 1.29 is 18.3 Å². The third kappa shape index (κ3) is 3.45. The molecule has 0 bridgehead atoms.